The molecule has 11 nitrogen and oxygen atoms in total. The summed E-state index contributed by atoms with van der Waals surface area (Å²) in [5.41, 5.74) is 3.55. The van der Waals surface area contributed by atoms with Crippen molar-refractivity contribution in [2.24, 2.45) is 0 Å². The Morgan fingerprint density at radius 3 is 2.73 bits per heavy atom. The summed E-state index contributed by atoms with van der Waals surface area (Å²) < 4.78 is 32.3. The first kappa shape index (κ1) is 23.4. The van der Waals surface area contributed by atoms with Crippen molar-refractivity contribution >= 4 is 55.6 Å². The molecule has 192 valence electrons. The number of anilines is 6. The summed E-state index contributed by atoms with van der Waals surface area (Å²) in [6.45, 7) is 3.64. The number of likely N-dealkylation sites (N-methyl/N-ethyl adjacent to an activating group) is 1. The lowest BCUT2D eigenvalue weighted by Gasteiger charge is -2.44. The van der Waals surface area contributed by atoms with E-state index < -0.39 is 10.0 Å². The highest BCUT2D eigenvalue weighted by atomic mass is 32.2. The van der Waals surface area contributed by atoms with Gasteiger partial charge in [0.25, 0.3) is 0 Å². The highest BCUT2D eigenvalue weighted by Gasteiger charge is 2.31. The molecule has 1 saturated heterocycles. The quantitative estimate of drug-likeness (QED) is 0.303. The van der Waals surface area contributed by atoms with E-state index in [1.807, 2.05) is 24.3 Å². The second kappa shape index (κ2) is 9.12. The van der Waals surface area contributed by atoms with Crippen molar-refractivity contribution in [3.63, 3.8) is 0 Å². The number of H-pyrrole nitrogens is 1. The predicted octanol–water partition coefficient (Wildman–Crippen LogP) is 3.33. The molecule has 0 radical (unpaired) electrons. The van der Waals surface area contributed by atoms with Crippen LogP contribution in [-0.2, 0) is 10.0 Å². The molecule has 12 heteroatoms. The van der Waals surface area contributed by atoms with Gasteiger partial charge in [0.05, 0.1) is 34.7 Å². The van der Waals surface area contributed by atoms with Crippen LogP contribution in [0.5, 0.6) is 5.75 Å². The number of ether oxygens (including phenoxy) is 1. The third-order valence-corrected chi connectivity index (χ3v) is 7.12. The Hall–Kier alpha value is -4.03. The minimum atomic E-state index is -3.45. The Balaban J connectivity index is 1.29. The highest BCUT2D eigenvalue weighted by molar-refractivity contribution is 7.92. The molecule has 2 aromatic carbocycles. The van der Waals surface area contributed by atoms with Gasteiger partial charge < -0.3 is 30.2 Å². The summed E-state index contributed by atoms with van der Waals surface area (Å²) in [6, 6.07) is 15.3. The van der Waals surface area contributed by atoms with Gasteiger partial charge in [-0.3, -0.25) is 4.72 Å². The fourth-order valence-corrected chi connectivity index (χ4v) is 5.41. The summed E-state index contributed by atoms with van der Waals surface area (Å²) in [6.07, 6.45) is 2.90. The van der Waals surface area contributed by atoms with Gasteiger partial charge in [-0.05, 0) is 37.4 Å². The van der Waals surface area contributed by atoms with Crippen LogP contribution >= 0.6 is 0 Å². The van der Waals surface area contributed by atoms with E-state index in [9.17, 15) is 8.42 Å². The smallest absolute Gasteiger partial charge is 0.231 e. The lowest BCUT2D eigenvalue weighted by molar-refractivity contribution is 0.188. The van der Waals surface area contributed by atoms with Crippen molar-refractivity contribution in [1.82, 2.24) is 19.9 Å². The van der Waals surface area contributed by atoms with Gasteiger partial charge in [0.2, 0.25) is 16.0 Å². The minimum absolute atomic E-state index is 0.359. The number of sulfonamides is 1. The number of aromatic amines is 1. The molecular formula is C25H28N8O3S. The monoisotopic (exact) mass is 520 g/mol. The zero-order valence-corrected chi connectivity index (χ0v) is 21.3. The van der Waals surface area contributed by atoms with Crippen LogP contribution in [0.15, 0.2) is 54.7 Å². The number of fused-ring (bicyclic) bond motifs is 4. The van der Waals surface area contributed by atoms with Crippen LogP contribution < -0.4 is 25.0 Å². The summed E-state index contributed by atoms with van der Waals surface area (Å²) in [5.74, 6) is 1.76. The molecular weight excluding hydrogens is 492 g/mol. The lowest BCUT2D eigenvalue weighted by atomic mass is 10.1. The minimum Gasteiger partial charge on any atom is -0.489 e. The Kier molecular flexibility index (Phi) is 5.76. The Bertz CT molecular complexity index is 1570. The van der Waals surface area contributed by atoms with Gasteiger partial charge >= 0.3 is 0 Å². The maximum atomic E-state index is 11.8. The first-order valence-electron chi connectivity index (χ1n) is 12.0. The molecule has 4 aromatic rings. The zero-order chi connectivity index (χ0) is 25.6. The molecule has 37 heavy (non-hydrogen) atoms. The average Bonchev–Trinajstić information content (AvgIpc) is 3.33. The first-order chi connectivity index (χ1) is 17.8. The average molecular weight is 521 g/mol. The molecule has 0 amide bonds. The van der Waals surface area contributed by atoms with E-state index >= 15 is 0 Å². The summed E-state index contributed by atoms with van der Waals surface area (Å²) in [4.78, 5) is 17.2. The molecule has 0 aliphatic carbocycles. The van der Waals surface area contributed by atoms with Crippen LogP contribution in [0.4, 0.5) is 34.5 Å². The van der Waals surface area contributed by atoms with Gasteiger partial charge in [0.15, 0.2) is 0 Å². The molecule has 2 aliphatic rings. The van der Waals surface area contributed by atoms with Crippen molar-refractivity contribution < 1.29 is 13.2 Å². The molecule has 0 bridgehead atoms. The molecule has 1 fully saturated rings. The fourth-order valence-electron chi connectivity index (χ4n) is 4.83. The molecule has 4 N–H and O–H groups in total. The van der Waals surface area contributed by atoms with Gasteiger partial charge in [0.1, 0.15) is 23.8 Å². The second-order valence-electron chi connectivity index (χ2n) is 9.41. The number of para-hydroxylation sites is 2. The Labute approximate surface area is 214 Å². The third-order valence-electron chi connectivity index (χ3n) is 6.53. The number of hydrogen-bond donors (Lipinski definition) is 4. The van der Waals surface area contributed by atoms with Crippen LogP contribution in [-0.4, -0.2) is 73.9 Å². The molecule has 2 aliphatic heterocycles. The van der Waals surface area contributed by atoms with Crippen LogP contribution in [0.1, 0.15) is 0 Å². The second-order valence-corrected chi connectivity index (χ2v) is 11.2. The maximum Gasteiger partial charge on any atom is 0.231 e. The number of benzene rings is 2. The summed E-state index contributed by atoms with van der Waals surface area (Å²) in [7, 11) is -1.31. The molecule has 0 spiro atoms. The predicted molar refractivity (Wildman–Crippen MR) is 146 cm³/mol. The Morgan fingerprint density at radius 1 is 1.05 bits per heavy atom. The molecule has 0 saturated carbocycles. The fraction of sp³-hybridized carbons (Fsp3) is 0.280. The normalized spacial score (nSPS) is 17.6. The number of nitrogens with one attached hydrogen (secondary N) is 4. The number of aromatic nitrogens is 3. The van der Waals surface area contributed by atoms with Crippen molar-refractivity contribution in [1.29, 1.82) is 0 Å². The molecule has 6 rings (SSSR count). The van der Waals surface area contributed by atoms with Gasteiger partial charge in [-0.15, -0.1) is 0 Å². The summed E-state index contributed by atoms with van der Waals surface area (Å²) >= 11 is 0. The van der Waals surface area contributed by atoms with Gasteiger partial charge in [-0.2, -0.15) is 9.97 Å². The SMILES string of the molecule is CN1CCN2c3ccc(Nc4nc(Nc5ccccc5NS(C)(=O)=O)c5cc[nH]c5n4)cc3OC[C@H]2C1. The van der Waals surface area contributed by atoms with Crippen LogP contribution in [0.3, 0.4) is 0 Å². The third kappa shape index (κ3) is 4.85. The van der Waals surface area contributed by atoms with Crippen molar-refractivity contribution in [3.8, 4) is 5.75 Å². The van der Waals surface area contributed by atoms with Crippen molar-refractivity contribution in [2.45, 2.75) is 6.04 Å². The van der Waals surface area contributed by atoms with E-state index in [0.717, 1.165) is 48.4 Å². The first-order valence-corrected chi connectivity index (χ1v) is 13.9. The molecule has 1 atom stereocenters. The topological polar surface area (TPSA) is 128 Å². The van der Waals surface area contributed by atoms with Crippen LogP contribution in [0.2, 0.25) is 0 Å². The molecule has 2 aromatic heterocycles. The van der Waals surface area contributed by atoms with E-state index in [4.69, 9.17) is 9.72 Å². The largest absolute Gasteiger partial charge is 0.489 e. The van der Waals surface area contributed by atoms with E-state index in [0.29, 0.717) is 41.4 Å². The van der Waals surface area contributed by atoms with E-state index in [-0.39, 0.29) is 0 Å². The maximum absolute atomic E-state index is 11.8. The lowest BCUT2D eigenvalue weighted by Crippen LogP contribution is -2.56. The van der Waals surface area contributed by atoms with Crippen LogP contribution in [0, 0.1) is 0 Å². The Morgan fingerprint density at radius 2 is 1.89 bits per heavy atom. The standard InChI is InChI=1S/C25H28N8O3S/c1-32-11-12-33-17(14-32)15-36-22-13-16(7-8-21(22)33)27-25-29-23-18(9-10-26-23)24(30-25)28-19-5-3-4-6-20(19)31-37(2,34)35/h3-10,13,17,31H,11-12,14-15H2,1-2H3,(H3,26,27,28,29,30)/t17-/m1/s1. The van der Waals surface area contributed by atoms with Gasteiger partial charge in [0, 0.05) is 37.6 Å². The number of hydrogen-bond acceptors (Lipinski definition) is 9. The molecule has 0 unspecified atom stereocenters. The molecule has 4 heterocycles. The van der Waals surface area contributed by atoms with Gasteiger partial charge in [-0.1, -0.05) is 12.1 Å². The number of nitrogens with zero attached hydrogens (tertiary/aromatic N) is 4. The van der Waals surface area contributed by atoms with E-state index in [2.05, 4.69) is 48.2 Å². The van der Waals surface area contributed by atoms with Gasteiger partial charge in [-0.25, -0.2) is 8.42 Å². The van der Waals surface area contributed by atoms with Crippen molar-refractivity contribution in [3.05, 3.63) is 54.7 Å². The van der Waals surface area contributed by atoms with E-state index in [1.54, 1.807) is 24.4 Å². The van der Waals surface area contributed by atoms with Crippen LogP contribution in [0.25, 0.3) is 11.0 Å². The summed E-state index contributed by atoms with van der Waals surface area (Å²) in [5, 5.41) is 7.33. The number of rotatable bonds is 6. The van der Waals surface area contributed by atoms with E-state index in [1.165, 1.54) is 0 Å². The number of piperazine rings is 1. The highest BCUT2D eigenvalue weighted by Crippen LogP contribution is 2.38. The van der Waals surface area contributed by atoms with Crippen molar-refractivity contribution in [2.75, 3.05) is 59.8 Å². The zero-order valence-electron chi connectivity index (χ0n) is 20.5.